The molecule has 3 aromatic rings. The molecule has 3 aromatic carbocycles. The van der Waals surface area contributed by atoms with Crippen LogP contribution in [0.3, 0.4) is 0 Å². The van der Waals surface area contributed by atoms with Crippen LogP contribution in [0.1, 0.15) is 43.4 Å². The largest absolute Gasteiger partial charge is 0.354 e. The molecule has 220 valence electrons. The van der Waals surface area contributed by atoms with Crippen molar-refractivity contribution in [2.24, 2.45) is 0 Å². The minimum atomic E-state index is -4.21. The second-order valence-corrected chi connectivity index (χ2v) is 12.9. The number of hydrogen-bond donors (Lipinski definition) is 1. The summed E-state index contributed by atoms with van der Waals surface area (Å²) in [6.45, 7) is 7.16. The fourth-order valence-electron chi connectivity index (χ4n) is 4.32. The fourth-order valence-corrected chi connectivity index (χ4v) is 6.43. The lowest BCUT2D eigenvalue weighted by Gasteiger charge is -2.33. The van der Waals surface area contributed by atoms with Crippen molar-refractivity contribution >= 4 is 62.3 Å². The molecule has 0 aliphatic heterocycles. The quantitative estimate of drug-likeness (QED) is 0.237. The molecule has 0 radical (unpaired) electrons. The van der Waals surface area contributed by atoms with E-state index in [9.17, 15) is 18.0 Å². The van der Waals surface area contributed by atoms with Crippen LogP contribution in [0, 0.1) is 13.8 Å². The number of carbonyl (C=O) groups excluding carboxylic acids is 2. The van der Waals surface area contributed by atoms with Gasteiger partial charge < -0.3 is 10.2 Å². The highest BCUT2D eigenvalue weighted by molar-refractivity contribution is 7.92. The first kappa shape index (κ1) is 32.7. The topological polar surface area (TPSA) is 86.8 Å². The highest BCUT2D eigenvalue weighted by Crippen LogP contribution is 2.31. The Morgan fingerprint density at radius 3 is 2.15 bits per heavy atom. The normalized spacial score (nSPS) is 12.1. The Labute approximate surface area is 257 Å². The monoisotopic (exact) mass is 637 g/mol. The molecule has 3 rings (SSSR count). The van der Waals surface area contributed by atoms with Crippen molar-refractivity contribution in [1.29, 1.82) is 0 Å². The molecule has 0 aliphatic rings. The van der Waals surface area contributed by atoms with Gasteiger partial charge in [0.25, 0.3) is 10.0 Å². The van der Waals surface area contributed by atoms with E-state index in [0.29, 0.717) is 39.2 Å². The summed E-state index contributed by atoms with van der Waals surface area (Å²) in [5.74, 6) is -0.913. The summed E-state index contributed by atoms with van der Waals surface area (Å²) < 4.78 is 29.1. The van der Waals surface area contributed by atoms with E-state index >= 15 is 0 Å². The minimum absolute atomic E-state index is 0.0234. The van der Waals surface area contributed by atoms with Gasteiger partial charge in [0.1, 0.15) is 12.6 Å². The van der Waals surface area contributed by atoms with Gasteiger partial charge in [0.15, 0.2) is 0 Å². The number of nitrogens with zero attached hydrogens (tertiary/aromatic N) is 2. The predicted molar refractivity (Wildman–Crippen MR) is 166 cm³/mol. The zero-order chi connectivity index (χ0) is 30.3. The van der Waals surface area contributed by atoms with Gasteiger partial charge in [-0.25, -0.2) is 8.42 Å². The third-order valence-corrected chi connectivity index (χ3v) is 9.21. The molecule has 0 saturated heterocycles. The first-order valence-electron chi connectivity index (χ1n) is 13.3. The maximum atomic E-state index is 14.2. The molecule has 0 heterocycles. The van der Waals surface area contributed by atoms with E-state index in [2.05, 4.69) is 5.32 Å². The number of sulfonamides is 1. The second kappa shape index (κ2) is 14.4. The Morgan fingerprint density at radius 2 is 1.54 bits per heavy atom. The molecule has 2 amide bonds. The Morgan fingerprint density at radius 1 is 0.902 bits per heavy atom. The van der Waals surface area contributed by atoms with Crippen molar-refractivity contribution < 1.29 is 18.0 Å². The van der Waals surface area contributed by atoms with Gasteiger partial charge in [-0.05, 0) is 74.2 Å². The van der Waals surface area contributed by atoms with Crippen LogP contribution in [0.4, 0.5) is 5.69 Å². The van der Waals surface area contributed by atoms with Crippen LogP contribution in [0.2, 0.25) is 15.1 Å². The fraction of sp³-hybridized carbons (Fsp3) is 0.333. The average Bonchev–Trinajstić information content (AvgIpc) is 2.93. The highest BCUT2D eigenvalue weighted by Gasteiger charge is 2.34. The number of hydrogen-bond acceptors (Lipinski definition) is 4. The number of anilines is 1. The zero-order valence-electron chi connectivity index (χ0n) is 23.5. The molecular formula is C30H34Cl3N3O4S. The van der Waals surface area contributed by atoms with E-state index in [1.54, 1.807) is 56.3 Å². The van der Waals surface area contributed by atoms with E-state index < -0.39 is 28.5 Å². The first-order valence-corrected chi connectivity index (χ1v) is 15.8. The van der Waals surface area contributed by atoms with E-state index in [-0.39, 0.29) is 23.0 Å². The Bertz CT molecular complexity index is 1500. The summed E-state index contributed by atoms with van der Waals surface area (Å²) in [7, 11) is -4.21. The predicted octanol–water partition coefficient (Wildman–Crippen LogP) is 6.79. The van der Waals surface area contributed by atoms with Crippen LogP contribution in [0.15, 0.2) is 65.6 Å². The maximum absolute atomic E-state index is 14.2. The molecule has 0 unspecified atom stereocenters. The highest BCUT2D eigenvalue weighted by atomic mass is 35.5. The van der Waals surface area contributed by atoms with Crippen LogP contribution in [0.25, 0.3) is 0 Å². The third-order valence-electron chi connectivity index (χ3n) is 6.62. The molecule has 0 fully saturated rings. The Balaban J connectivity index is 2.11. The van der Waals surface area contributed by atoms with Gasteiger partial charge in [-0.15, -0.1) is 0 Å². The van der Waals surface area contributed by atoms with Crippen LogP contribution in [-0.4, -0.2) is 44.3 Å². The molecule has 0 aromatic heterocycles. The van der Waals surface area contributed by atoms with Crippen molar-refractivity contribution in [2.45, 2.75) is 58.0 Å². The number of nitrogens with one attached hydrogen (secondary N) is 1. The van der Waals surface area contributed by atoms with Gasteiger partial charge in [-0.2, -0.15) is 0 Å². The van der Waals surface area contributed by atoms with Crippen LogP contribution < -0.4 is 9.62 Å². The van der Waals surface area contributed by atoms with E-state index in [1.807, 2.05) is 13.8 Å². The Hall–Kier alpha value is -2.78. The summed E-state index contributed by atoms with van der Waals surface area (Å²) in [4.78, 5) is 28.8. The molecule has 0 saturated carbocycles. The summed E-state index contributed by atoms with van der Waals surface area (Å²) >= 11 is 18.8. The molecule has 1 N–H and O–H groups in total. The minimum Gasteiger partial charge on any atom is -0.354 e. The lowest BCUT2D eigenvalue weighted by molar-refractivity contribution is -0.140. The lowest BCUT2D eigenvalue weighted by Crippen LogP contribution is -2.52. The van der Waals surface area contributed by atoms with Gasteiger partial charge in [0.2, 0.25) is 11.8 Å². The number of rotatable bonds is 12. The third kappa shape index (κ3) is 8.16. The van der Waals surface area contributed by atoms with E-state index in [4.69, 9.17) is 34.8 Å². The van der Waals surface area contributed by atoms with Crippen LogP contribution >= 0.6 is 34.8 Å². The van der Waals surface area contributed by atoms with Crippen LogP contribution in [0.5, 0.6) is 0 Å². The maximum Gasteiger partial charge on any atom is 0.264 e. The first-order chi connectivity index (χ1) is 19.4. The average molecular weight is 639 g/mol. The summed E-state index contributed by atoms with van der Waals surface area (Å²) in [5, 5.41) is 3.93. The van der Waals surface area contributed by atoms with Gasteiger partial charge in [-0.1, -0.05) is 78.5 Å². The van der Waals surface area contributed by atoms with Crippen molar-refractivity contribution in [1.82, 2.24) is 10.2 Å². The van der Waals surface area contributed by atoms with Gasteiger partial charge >= 0.3 is 0 Å². The number of aryl methyl sites for hydroxylation is 2. The van der Waals surface area contributed by atoms with Crippen molar-refractivity contribution in [2.75, 3.05) is 17.4 Å². The van der Waals surface area contributed by atoms with Crippen molar-refractivity contribution in [3.8, 4) is 0 Å². The van der Waals surface area contributed by atoms with Gasteiger partial charge in [-0.3, -0.25) is 13.9 Å². The molecule has 0 spiro atoms. The molecule has 11 heteroatoms. The standard InChI is InChI=1S/C30H34Cl3N3O4S/c1-5-15-34-30(38)27(6-2)35(18-22-10-12-23(31)16-26(22)33)29(37)19-36(28-17-24(32)11-9-21(28)4)41(39,40)25-13-7-20(3)8-14-25/h7-14,16-17,27H,5-6,15,18-19H2,1-4H3,(H,34,38)/t27-/m0/s1. The van der Waals surface area contributed by atoms with Crippen molar-refractivity contribution in [3.05, 3.63) is 92.4 Å². The molecule has 0 bridgehead atoms. The number of halogens is 3. The Kier molecular flexibility index (Phi) is 11.5. The molecule has 41 heavy (non-hydrogen) atoms. The molecular weight excluding hydrogens is 605 g/mol. The van der Waals surface area contributed by atoms with Gasteiger partial charge in [0, 0.05) is 28.2 Å². The summed E-state index contributed by atoms with van der Waals surface area (Å²) in [6, 6.07) is 15.3. The number of benzene rings is 3. The van der Waals surface area contributed by atoms with E-state index in [1.165, 1.54) is 23.1 Å². The molecule has 1 atom stereocenters. The summed E-state index contributed by atoms with van der Waals surface area (Å²) in [6.07, 6.45) is 1.02. The molecule has 7 nitrogen and oxygen atoms in total. The van der Waals surface area contributed by atoms with E-state index in [0.717, 1.165) is 16.3 Å². The SMILES string of the molecule is CCCNC(=O)[C@H](CC)N(Cc1ccc(Cl)cc1Cl)C(=O)CN(c1cc(Cl)ccc1C)S(=O)(=O)c1ccc(C)cc1. The lowest BCUT2D eigenvalue weighted by atomic mass is 10.1. The smallest absolute Gasteiger partial charge is 0.264 e. The second-order valence-electron chi connectivity index (χ2n) is 9.73. The number of carbonyl (C=O) groups is 2. The van der Waals surface area contributed by atoms with Crippen molar-refractivity contribution in [3.63, 3.8) is 0 Å². The summed E-state index contributed by atoms with van der Waals surface area (Å²) in [5.41, 5.74) is 2.33. The van der Waals surface area contributed by atoms with Gasteiger partial charge in [0.05, 0.1) is 10.6 Å². The zero-order valence-corrected chi connectivity index (χ0v) is 26.5. The number of amides is 2. The van der Waals surface area contributed by atoms with Crippen LogP contribution in [-0.2, 0) is 26.2 Å². The molecule has 0 aliphatic carbocycles.